The van der Waals surface area contributed by atoms with E-state index in [0.29, 0.717) is 0 Å². The van der Waals surface area contributed by atoms with Crippen molar-refractivity contribution in [2.24, 2.45) is 23.2 Å². The molecule has 0 spiro atoms. The van der Waals surface area contributed by atoms with Gasteiger partial charge in [-0.15, -0.1) is 0 Å². The van der Waals surface area contributed by atoms with E-state index in [2.05, 4.69) is 25.7 Å². The first-order chi connectivity index (χ1) is 8.40. The van der Waals surface area contributed by atoms with Crippen LogP contribution in [0.5, 0.6) is 0 Å². The Kier molecular flexibility index (Phi) is 2.88. The molecule has 0 heterocycles. The Bertz CT molecular complexity index is 344. The fourth-order valence-corrected chi connectivity index (χ4v) is 6.15. The molecule has 0 aromatic rings. The number of nitrogens with zero attached hydrogens (tertiary/aromatic N) is 1. The van der Waals surface area contributed by atoms with Gasteiger partial charge in [-0.05, 0) is 75.9 Å². The lowest BCUT2D eigenvalue weighted by atomic mass is 9.48. The van der Waals surface area contributed by atoms with Crippen LogP contribution in [0, 0.1) is 34.5 Å². The summed E-state index contributed by atoms with van der Waals surface area (Å²) in [7, 11) is -1.62. The SMILES string of the molecule is C[Si](C)(C)O[C@H](C#N)C12CC3CC(CC(C3)C1)C2. The molecular formula is C15H25NOSi. The van der Waals surface area contributed by atoms with E-state index in [0.717, 1.165) is 17.8 Å². The molecule has 0 aromatic carbocycles. The van der Waals surface area contributed by atoms with Crippen molar-refractivity contribution in [1.29, 1.82) is 5.26 Å². The third-order valence-corrected chi connectivity index (χ3v) is 6.17. The first kappa shape index (κ1) is 12.7. The minimum atomic E-state index is -1.62. The Hall–Kier alpha value is -0.333. The monoisotopic (exact) mass is 263 g/mol. The Balaban J connectivity index is 1.83. The van der Waals surface area contributed by atoms with E-state index in [1.54, 1.807) is 0 Å². The van der Waals surface area contributed by atoms with Crippen LogP contribution in [-0.2, 0) is 4.43 Å². The molecule has 0 aliphatic heterocycles. The molecule has 3 heteroatoms. The zero-order chi connectivity index (χ0) is 13.0. The van der Waals surface area contributed by atoms with Crippen LogP contribution in [0.4, 0.5) is 0 Å². The maximum Gasteiger partial charge on any atom is 0.185 e. The summed E-state index contributed by atoms with van der Waals surface area (Å²) in [5, 5.41) is 9.60. The van der Waals surface area contributed by atoms with Gasteiger partial charge in [-0.1, -0.05) is 0 Å². The molecule has 4 aliphatic rings. The van der Waals surface area contributed by atoms with Crippen molar-refractivity contribution in [2.45, 2.75) is 64.3 Å². The lowest BCUT2D eigenvalue weighted by molar-refractivity contribution is -0.0966. The molecule has 0 aromatic heterocycles. The average Bonchev–Trinajstić information content (AvgIpc) is 2.22. The predicted octanol–water partition coefficient (Wildman–Crippen LogP) is 3.95. The van der Waals surface area contributed by atoms with Crippen LogP contribution in [0.2, 0.25) is 19.6 Å². The van der Waals surface area contributed by atoms with Gasteiger partial charge in [0.1, 0.15) is 6.10 Å². The summed E-state index contributed by atoms with van der Waals surface area (Å²) in [4.78, 5) is 0. The van der Waals surface area contributed by atoms with Crippen LogP contribution in [0.1, 0.15) is 38.5 Å². The summed E-state index contributed by atoms with van der Waals surface area (Å²) in [6, 6.07) is 2.53. The Morgan fingerprint density at radius 1 is 1.06 bits per heavy atom. The van der Waals surface area contributed by atoms with Gasteiger partial charge in [-0.3, -0.25) is 0 Å². The molecule has 4 bridgehead atoms. The fraction of sp³-hybridized carbons (Fsp3) is 0.933. The molecule has 18 heavy (non-hydrogen) atoms. The second-order valence-electron chi connectivity index (χ2n) is 8.02. The highest BCUT2D eigenvalue weighted by Crippen LogP contribution is 2.61. The fourth-order valence-electron chi connectivity index (χ4n) is 5.14. The highest BCUT2D eigenvalue weighted by Gasteiger charge is 2.55. The van der Waals surface area contributed by atoms with Crippen LogP contribution in [0.25, 0.3) is 0 Å². The molecule has 4 aliphatic carbocycles. The normalized spacial score (nSPS) is 43.8. The van der Waals surface area contributed by atoms with Crippen LogP contribution in [0.3, 0.4) is 0 Å². The van der Waals surface area contributed by atoms with Crippen LogP contribution in [-0.4, -0.2) is 14.4 Å². The van der Waals surface area contributed by atoms with Crippen molar-refractivity contribution in [2.75, 3.05) is 0 Å². The third kappa shape index (κ3) is 2.14. The van der Waals surface area contributed by atoms with Crippen LogP contribution >= 0.6 is 0 Å². The lowest BCUT2D eigenvalue weighted by Gasteiger charge is -2.58. The number of hydrogen-bond donors (Lipinski definition) is 0. The average molecular weight is 263 g/mol. The minimum Gasteiger partial charge on any atom is -0.402 e. The zero-order valence-corrected chi connectivity index (χ0v) is 12.9. The summed E-state index contributed by atoms with van der Waals surface area (Å²) in [6.07, 6.45) is 7.97. The van der Waals surface area contributed by atoms with Crippen LogP contribution < -0.4 is 0 Å². The van der Waals surface area contributed by atoms with E-state index < -0.39 is 8.32 Å². The second-order valence-corrected chi connectivity index (χ2v) is 12.5. The first-order valence-electron chi connectivity index (χ1n) is 7.48. The predicted molar refractivity (Wildman–Crippen MR) is 74.4 cm³/mol. The second kappa shape index (κ2) is 4.08. The summed E-state index contributed by atoms with van der Waals surface area (Å²) >= 11 is 0. The third-order valence-electron chi connectivity index (χ3n) is 5.23. The summed E-state index contributed by atoms with van der Waals surface area (Å²) in [6.45, 7) is 6.62. The minimum absolute atomic E-state index is 0.127. The van der Waals surface area contributed by atoms with Gasteiger partial charge in [0.2, 0.25) is 0 Å². The van der Waals surface area contributed by atoms with Gasteiger partial charge in [0.25, 0.3) is 0 Å². The standard InChI is InChI=1S/C15H25NOSi/c1-18(2,3)17-14(10-16)15-7-11-4-12(8-15)6-13(5-11)9-15/h11-14H,4-9H2,1-3H3/t11?,12?,13?,14-,15?/m1/s1. The van der Waals surface area contributed by atoms with Crippen molar-refractivity contribution in [3.8, 4) is 6.07 Å². The van der Waals surface area contributed by atoms with Crippen molar-refractivity contribution in [3.63, 3.8) is 0 Å². The van der Waals surface area contributed by atoms with E-state index >= 15 is 0 Å². The summed E-state index contributed by atoms with van der Waals surface area (Å²) < 4.78 is 6.25. The highest BCUT2D eigenvalue weighted by molar-refractivity contribution is 6.69. The van der Waals surface area contributed by atoms with E-state index in [-0.39, 0.29) is 11.5 Å². The number of rotatable bonds is 3. The number of hydrogen-bond acceptors (Lipinski definition) is 2. The van der Waals surface area contributed by atoms with Crippen molar-refractivity contribution in [1.82, 2.24) is 0 Å². The topological polar surface area (TPSA) is 33.0 Å². The molecule has 4 rings (SSSR count). The van der Waals surface area contributed by atoms with Crippen molar-refractivity contribution in [3.05, 3.63) is 0 Å². The summed E-state index contributed by atoms with van der Waals surface area (Å²) in [5.41, 5.74) is 0.226. The molecule has 4 fully saturated rings. The molecule has 0 unspecified atom stereocenters. The molecule has 100 valence electrons. The van der Waals surface area contributed by atoms with Crippen molar-refractivity contribution >= 4 is 8.32 Å². The molecule has 2 nitrogen and oxygen atoms in total. The van der Waals surface area contributed by atoms with Gasteiger partial charge < -0.3 is 4.43 Å². The zero-order valence-electron chi connectivity index (χ0n) is 11.9. The highest BCUT2D eigenvalue weighted by atomic mass is 28.4. The molecule has 0 radical (unpaired) electrons. The van der Waals surface area contributed by atoms with Gasteiger partial charge in [0.15, 0.2) is 8.32 Å². The van der Waals surface area contributed by atoms with E-state index in [1.807, 2.05) is 0 Å². The van der Waals surface area contributed by atoms with Gasteiger partial charge in [0, 0.05) is 5.41 Å². The van der Waals surface area contributed by atoms with Gasteiger partial charge in [-0.2, -0.15) is 5.26 Å². The molecule has 1 atom stereocenters. The van der Waals surface area contributed by atoms with E-state index in [1.165, 1.54) is 38.5 Å². The largest absolute Gasteiger partial charge is 0.402 e. The first-order valence-corrected chi connectivity index (χ1v) is 10.9. The molecule has 0 N–H and O–H groups in total. The van der Waals surface area contributed by atoms with Gasteiger partial charge in [0.05, 0.1) is 6.07 Å². The van der Waals surface area contributed by atoms with E-state index in [4.69, 9.17) is 4.43 Å². The Morgan fingerprint density at radius 2 is 1.50 bits per heavy atom. The maximum atomic E-state index is 9.60. The van der Waals surface area contributed by atoms with Crippen LogP contribution in [0.15, 0.2) is 0 Å². The molecule has 4 saturated carbocycles. The Morgan fingerprint density at radius 3 is 1.83 bits per heavy atom. The lowest BCUT2D eigenvalue weighted by Crippen LogP contribution is -2.53. The smallest absolute Gasteiger partial charge is 0.185 e. The molecular weight excluding hydrogens is 238 g/mol. The Labute approximate surface area is 112 Å². The van der Waals surface area contributed by atoms with Gasteiger partial charge >= 0.3 is 0 Å². The summed E-state index contributed by atoms with van der Waals surface area (Å²) in [5.74, 6) is 2.70. The quantitative estimate of drug-likeness (QED) is 0.722. The maximum absolute atomic E-state index is 9.60. The van der Waals surface area contributed by atoms with E-state index in [9.17, 15) is 5.26 Å². The number of nitriles is 1. The molecule has 0 saturated heterocycles. The van der Waals surface area contributed by atoms with Crippen molar-refractivity contribution < 1.29 is 4.43 Å². The molecule has 0 amide bonds. The van der Waals surface area contributed by atoms with Gasteiger partial charge in [-0.25, -0.2) is 0 Å².